The number of hydrogen-bond donors (Lipinski definition) is 2. The second-order valence-electron chi connectivity index (χ2n) is 3.08. The summed E-state index contributed by atoms with van der Waals surface area (Å²) in [4.78, 5) is 0. The van der Waals surface area contributed by atoms with E-state index in [1.165, 1.54) is 24.3 Å². The number of benzene rings is 1. The molecule has 0 atom stereocenters. The minimum atomic E-state index is -0.634. The largest absolute Gasteiger partial charge is 0.325 e. The van der Waals surface area contributed by atoms with Crippen LogP contribution in [0.5, 0.6) is 0 Å². The summed E-state index contributed by atoms with van der Waals surface area (Å²) >= 11 is 0. The van der Waals surface area contributed by atoms with Gasteiger partial charge in [-0.15, -0.1) is 0 Å². The van der Waals surface area contributed by atoms with E-state index in [9.17, 15) is 8.78 Å². The second kappa shape index (κ2) is 3.78. The molecule has 0 aliphatic carbocycles. The van der Waals surface area contributed by atoms with E-state index in [1.807, 2.05) is 0 Å². The molecule has 0 aliphatic rings. The summed E-state index contributed by atoms with van der Waals surface area (Å²) in [5, 5.41) is 6.39. The van der Waals surface area contributed by atoms with Gasteiger partial charge in [-0.1, -0.05) is 6.07 Å². The molecule has 1 aromatic carbocycles. The summed E-state index contributed by atoms with van der Waals surface area (Å²) in [6.07, 6.45) is 0. The van der Waals surface area contributed by atoms with Gasteiger partial charge in [-0.05, 0) is 18.2 Å². The lowest BCUT2D eigenvalue weighted by Gasteiger charge is -1.99. The summed E-state index contributed by atoms with van der Waals surface area (Å²) in [6, 6.07) is 5.22. The first-order valence-electron chi connectivity index (χ1n) is 4.41. The molecule has 0 fully saturated rings. The Hall–Kier alpha value is -1.75. The highest BCUT2D eigenvalue weighted by molar-refractivity contribution is 5.60. The maximum atomic E-state index is 13.3. The fraction of sp³-hybridized carbons (Fsp3) is 0.100. The first-order valence-corrected chi connectivity index (χ1v) is 4.41. The van der Waals surface area contributed by atoms with Gasteiger partial charge in [0.15, 0.2) is 0 Å². The highest BCUT2D eigenvalue weighted by Crippen LogP contribution is 2.24. The molecule has 3 N–H and O–H groups in total. The Balaban J connectivity index is 2.53. The average Bonchev–Trinajstić information content (AvgIpc) is 2.66. The van der Waals surface area contributed by atoms with Crippen LogP contribution in [-0.4, -0.2) is 10.2 Å². The molecule has 78 valence electrons. The molecule has 0 saturated heterocycles. The van der Waals surface area contributed by atoms with Crippen LogP contribution in [0.4, 0.5) is 8.78 Å². The summed E-state index contributed by atoms with van der Waals surface area (Å²) in [5.41, 5.74) is 6.09. The van der Waals surface area contributed by atoms with E-state index in [1.54, 1.807) is 0 Å². The quantitative estimate of drug-likeness (QED) is 0.792. The highest BCUT2D eigenvalue weighted by Gasteiger charge is 2.13. The fourth-order valence-electron chi connectivity index (χ4n) is 1.34. The van der Waals surface area contributed by atoms with Gasteiger partial charge in [0, 0.05) is 12.2 Å². The van der Waals surface area contributed by atoms with E-state index >= 15 is 0 Å². The Morgan fingerprint density at radius 3 is 2.47 bits per heavy atom. The van der Waals surface area contributed by atoms with Crippen molar-refractivity contribution < 1.29 is 8.78 Å². The molecule has 15 heavy (non-hydrogen) atoms. The van der Waals surface area contributed by atoms with Gasteiger partial charge in [0.25, 0.3) is 0 Å². The number of rotatable bonds is 2. The van der Waals surface area contributed by atoms with E-state index in [0.29, 0.717) is 5.69 Å². The summed E-state index contributed by atoms with van der Waals surface area (Å²) in [7, 11) is 0. The van der Waals surface area contributed by atoms with Gasteiger partial charge < -0.3 is 5.73 Å². The van der Waals surface area contributed by atoms with Crippen LogP contribution in [0.3, 0.4) is 0 Å². The first-order chi connectivity index (χ1) is 7.22. The SMILES string of the molecule is NCc1cc(-c2c(F)cccc2F)n[nH]1. The van der Waals surface area contributed by atoms with Gasteiger partial charge in [-0.25, -0.2) is 8.78 Å². The Bertz CT molecular complexity index is 459. The van der Waals surface area contributed by atoms with Crippen LogP contribution in [0, 0.1) is 11.6 Å². The molecular weight excluding hydrogens is 200 g/mol. The van der Waals surface area contributed by atoms with Crippen LogP contribution in [0.15, 0.2) is 24.3 Å². The van der Waals surface area contributed by atoms with E-state index in [0.717, 1.165) is 0 Å². The van der Waals surface area contributed by atoms with Gasteiger partial charge in [-0.3, -0.25) is 5.10 Å². The third kappa shape index (κ3) is 1.73. The van der Waals surface area contributed by atoms with Crippen LogP contribution in [0.25, 0.3) is 11.3 Å². The van der Waals surface area contributed by atoms with E-state index in [4.69, 9.17) is 5.73 Å². The zero-order valence-corrected chi connectivity index (χ0v) is 7.80. The molecular formula is C10H9F2N3. The molecule has 0 aliphatic heterocycles. The smallest absolute Gasteiger partial charge is 0.135 e. The predicted octanol–water partition coefficient (Wildman–Crippen LogP) is 1.81. The molecule has 0 spiro atoms. The van der Waals surface area contributed by atoms with Crippen molar-refractivity contribution in [3.05, 3.63) is 41.6 Å². The van der Waals surface area contributed by atoms with Crippen LogP contribution >= 0.6 is 0 Å². The normalized spacial score (nSPS) is 10.6. The summed E-state index contributed by atoms with van der Waals surface area (Å²) in [5.74, 6) is -1.27. The average molecular weight is 209 g/mol. The zero-order valence-electron chi connectivity index (χ0n) is 7.80. The van der Waals surface area contributed by atoms with Crippen LogP contribution < -0.4 is 5.73 Å². The highest BCUT2D eigenvalue weighted by atomic mass is 19.1. The molecule has 2 rings (SSSR count). The Morgan fingerprint density at radius 1 is 1.27 bits per heavy atom. The molecule has 0 saturated carbocycles. The topological polar surface area (TPSA) is 54.7 Å². The van der Waals surface area contributed by atoms with Crippen molar-refractivity contribution in [2.24, 2.45) is 5.73 Å². The first kappa shape index (κ1) is 9.79. The third-order valence-electron chi connectivity index (χ3n) is 2.07. The van der Waals surface area contributed by atoms with Gasteiger partial charge in [0.05, 0.1) is 11.3 Å². The molecule has 3 nitrogen and oxygen atoms in total. The minimum absolute atomic E-state index is 0.131. The maximum absolute atomic E-state index is 13.3. The molecule has 5 heteroatoms. The minimum Gasteiger partial charge on any atom is -0.325 e. The summed E-state index contributed by atoms with van der Waals surface area (Å²) in [6.45, 7) is 0.253. The monoisotopic (exact) mass is 209 g/mol. The zero-order chi connectivity index (χ0) is 10.8. The molecule has 0 radical (unpaired) electrons. The third-order valence-corrected chi connectivity index (χ3v) is 2.07. The lowest BCUT2D eigenvalue weighted by atomic mass is 10.1. The number of nitrogens with two attached hydrogens (primary N) is 1. The van der Waals surface area contributed by atoms with Gasteiger partial charge in [0.2, 0.25) is 0 Å². The van der Waals surface area contributed by atoms with Crippen molar-refractivity contribution in [3.63, 3.8) is 0 Å². The van der Waals surface area contributed by atoms with Crippen molar-refractivity contribution >= 4 is 0 Å². The van der Waals surface area contributed by atoms with Gasteiger partial charge >= 0.3 is 0 Å². The van der Waals surface area contributed by atoms with Crippen molar-refractivity contribution in [2.75, 3.05) is 0 Å². The lowest BCUT2D eigenvalue weighted by Crippen LogP contribution is -1.95. The van der Waals surface area contributed by atoms with E-state index < -0.39 is 11.6 Å². The van der Waals surface area contributed by atoms with Crippen LogP contribution in [0.1, 0.15) is 5.69 Å². The summed E-state index contributed by atoms with van der Waals surface area (Å²) < 4.78 is 26.6. The maximum Gasteiger partial charge on any atom is 0.135 e. The number of hydrogen-bond acceptors (Lipinski definition) is 2. The van der Waals surface area contributed by atoms with Crippen LogP contribution in [0.2, 0.25) is 0 Å². The Kier molecular flexibility index (Phi) is 2.47. The fourth-order valence-corrected chi connectivity index (χ4v) is 1.34. The standard InChI is InChI=1S/C10H9F2N3/c11-7-2-1-3-8(12)10(7)9-4-6(5-13)14-15-9/h1-4H,5,13H2,(H,14,15). The van der Waals surface area contributed by atoms with Crippen molar-refractivity contribution in [3.8, 4) is 11.3 Å². The number of halogens is 2. The van der Waals surface area contributed by atoms with E-state index in [2.05, 4.69) is 10.2 Å². The number of nitrogens with zero attached hydrogens (tertiary/aromatic N) is 1. The lowest BCUT2D eigenvalue weighted by molar-refractivity contribution is 0.588. The molecule has 1 heterocycles. The molecule has 0 bridgehead atoms. The van der Waals surface area contributed by atoms with E-state index in [-0.39, 0.29) is 17.8 Å². The van der Waals surface area contributed by atoms with Gasteiger partial charge in [0.1, 0.15) is 11.6 Å². The second-order valence-corrected chi connectivity index (χ2v) is 3.08. The Labute approximate surface area is 84.9 Å². The Morgan fingerprint density at radius 2 is 1.93 bits per heavy atom. The number of H-pyrrole nitrogens is 1. The predicted molar refractivity (Wildman–Crippen MR) is 51.8 cm³/mol. The number of nitrogens with one attached hydrogen (secondary N) is 1. The number of aromatic amines is 1. The molecule has 2 aromatic rings. The molecule has 0 amide bonds. The van der Waals surface area contributed by atoms with Gasteiger partial charge in [-0.2, -0.15) is 5.10 Å². The molecule has 1 aromatic heterocycles. The molecule has 0 unspecified atom stereocenters. The van der Waals surface area contributed by atoms with Crippen LogP contribution in [-0.2, 0) is 6.54 Å². The van der Waals surface area contributed by atoms with Crippen molar-refractivity contribution in [2.45, 2.75) is 6.54 Å². The van der Waals surface area contributed by atoms with Crippen molar-refractivity contribution in [1.29, 1.82) is 0 Å². The van der Waals surface area contributed by atoms with Crippen molar-refractivity contribution in [1.82, 2.24) is 10.2 Å². The number of aromatic nitrogens is 2.